The van der Waals surface area contributed by atoms with Crippen molar-refractivity contribution in [1.29, 1.82) is 0 Å². The summed E-state index contributed by atoms with van der Waals surface area (Å²) in [7, 11) is 3.34. The van der Waals surface area contributed by atoms with Crippen molar-refractivity contribution < 1.29 is 14.6 Å². The predicted molar refractivity (Wildman–Crippen MR) is 94.7 cm³/mol. The van der Waals surface area contributed by atoms with E-state index >= 15 is 0 Å². The van der Waals surface area contributed by atoms with Gasteiger partial charge < -0.3 is 15.3 Å². The third-order valence-corrected chi connectivity index (χ3v) is 3.31. The van der Waals surface area contributed by atoms with Crippen molar-refractivity contribution in [2.24, 2.45) is 0 Å². The van der Waals surface area contributed by atoms with E-state index in [4.69, 9.17) is 4.74 Å². The number of carboxylic acids is 1. The van der Waals surface area contributed by atoms with Gasteiger partial charge in [0.25, 0.3) is 0 Å². The first-order chi connectivity index (χ1) is 10.9. The monoisotopic (exact) mass is 322 g/mol. The summed E-state index contributed by atoms with van der Waals surface area (Å²) in [6.45, 7) is 7.89. The lowest BCUT2D eigenvalue weighted by Gasteiger charge is -2.14. The van der Waals surface area contributed by atoms with E-state index in [0.717, 1.165) is 29.7 Å². The van der Waals surface area contributed by atoms with Crippen LogP contribution in [-0.4, -0.2) is 25.2 Å². The van der Waals surface area contributed by atoms with Crippen LogP contribution in [0.1, 0.15) is 47.0 Å². The minimum atomic E-state index is -0.907. The van der Waals surface area contributed by atoms with Crippen molar-refractivity contribution in [3.8, 4) is 0 Å². The Kier molecular flexibility index (Phi) is 10.5. The Hall–Kier alpha value is -2.01. The molecule has 0 aliphatic heterocycles. The molecule has 0 aromatic heterocycles. The molecule has 0 aliphatic carbocycles. The van der Waals surface area contributed by atoms with Gasteiger partial charge in [0.15, 0.2) is 0 Å². The first kappa shape index (κ1) is 21.0. The summed E-state index contributed by atoms with van der Waals surface area (Å²) in [5.74, 6) is -0.141. The zero-order valence-electron chi connectivity index (χ0n) is 15.1. The van der Waals surface area contributed by atoms with Gasteiger partial charge in [0.2, 0.25) is 0 Å². The zero-order valence-corrected chi connectivity index (χ0v) is 15.1. The molecule has 0 amide bonds. The fourth-order valence-electron chi connectivity index (χ4n) is 2.18. The van der Waals surface area contributed by atoms with E-state index < -0.39 is 5.97 Å². The molecule has 0 aliphatic rings. The van der Waals surface area contributed by atoms with Crippen LogP contribution in [0.2, 0.25) is 0 Å². The van der Waals surface area contributed by atoms with Gasteiger partial charge in [-0.15, -0.1) is 0 Å². The third-order valence-electron chi connectivity index (χ3n) is 3.31. The number of carbonyl (C=O) groups is 1. The second-order valence-electron chi connectivity index (χ2n) is 5.16. The van der Waals surface area contributed by atoms with Gasteiger partial charge in [0, 0.05) is 7.05 Å². The Morgan fingerprint density at radius 1 is 1.17 bits per heavy atom. The summed E-state index contributed by atoms with van der Waals surface area (Å²) >= 11 is 0. The fraction of sp³-hybridized carbons (Fsp3) is 0.500. The van der Waals surface area contributed by atoms with Gasteiger partial charge in [-0.05, 0) is 43.9 Å². The molecular weight excluding hydrogens is 292 g/mol. The maximum absolute atomic E-state index is 11.5. The molecule has 0 rings (SSSR count). The summed E-state index contributed by atoms with van der Waals surface area (Å²) in [5, 5.41) is 9.43. The molecule has 0 atom stereocenters. The highest BCUT2D eigenvalue weighted by Crippen LogP contribution is 2.18. The van der Waals surface area contributed by atoms with Crippen LogP contribution in [0, 0.1) is 0 Å². The molecule has 130 valence electrons. The molecule has 0 aromatic carbocycles. The van der Waals surface area contributed by atoms with Crippen molar-refractivity contribution in [2.75, 3.05) is 14.2 Å². The number of methoxy groups -OCH3 is 1. The van der Waals surface area contributed by atoms with E-state index in [0.29, 0.717) is 17.7 Å². The molecule has 0 radical (unpaired) electrons. The second kappa shape index (κ2) is 11.5. The Labute approximate surface area is 139 Å². The van der Waals surface area contributed by atoms with E-state index in [1.807, 2.05) is 32.9 Å². The minimum absolute atomic E-state index is 0.365. The number of hydrogen-bond acceptors (Lipinski definition) is 4. The van der Waals surface area contributed by atoms with Crippen molar-refractivity contribution in [3.05, 3.63) is 46.4 Å². The zero-order chi connectivity index (χ0) is 17.8. The van der Waals surface area contributed by atoms with Gasteiger partial charge in [-0.1, -0.05) is 32.4 Å². The van der Waals surface area contributed by atoms with Gasteiger partial charge in [0.1, 0.15) is 5.76 Å². The largest absolute Gasteiger partial charge is 0.497 e. The first-order valence-corrected chi connectivity index (χ1v) is 7.92. The van der Waals surface area contributed by atoms with Crippen molar-refractivity contribution in [1.82, 2.24) is 10.9 Å². The van der Waals surface area contributed by atoms with E-state index in [1.54, 1.807) is 14.2 Å². The van der Waals surface area contributed by atoms with Crippen molar-refractivity contribution >= 4 is 5.97 Å². The van der Waals surface area contributed by atoms with Crippen molar-refractivity contribution in [3.63, 3.8) is 0 Å². The number of rotatable bonds is 10. The standard InChI is InChI=1S/C18H30N2O3/c1-7-9-13(3)16(23-6)12-11-14(4)17(20-19-5)15(10-8-2)18(21)22/h9,11-12,19-20H,7-8,10H2,1-6H3,(H,21,22)/b13-9+,14-11+,16-12+,17-15+. The number of aliphatic carboxylic acids is 1. The molecule has 5 nitrogen and oxygen atoms in total. The first-order valence-electron chi connectivity index (χ1n) is 7.92. The molecule has 5 heteroatoms. The summed E-state index contributed by atoms with van der Waals surface area (Å²) in [5.41, 5.74) is 8.58. The van der Waals surface area contributed by atoms with E-state index in [1.165, 1.54) is 0 Å². The SMILES string of the molecule is CC/C=C(C)/C(=C\C=C(C)\C(NNC)=C(\CCC)C(=O)O)OC. The minimum Gasteiger partial charge on any atom is -0.497 e. The van der Waals surface area contributed by atoms with Crippen LogP contribution in [0.25, 0.3) is 0 Å². The molecule has 23 heavy (non-hydrogen) atoms. The van der Waals surface area contributed by atoms with E-state index in [9.17, 15) is 9.90 Å². The Bertz CT molecular complexity index is 514. The van der Waals surface area contributed by atoms with Crippen LogP contribution in [0.4, 0.5) is 0 Å². The van der Waals surface area contributed by atoms with Gasteiger partial charge >= 0.3 is 5.97 Å². The quantitative estimate of drug-likeness (QED) is 0.248. The van der Waals surface area contributed by atoms with Crippen LogP contribution < -0.4 is 10.9 Å². The highest BCUT2D eigenvalue weighted by molar-refractivity contribution is 5.88. The summed E-state index contributed by atoms with van der Waals surface area (Å²) < 4.78 is 5.39. The number of nitrogens with one attached hydrogen (secondary N) is 2. The molecule has 0 unspecified atom stereocenters. The van der Waals surface area contributed by atoms with E-state index in [-0.39, 0.29) is 0 Å². The normalized spacial score (nSPS) is 14.4. The van der Waals surface area contributed by atoms with Crippen LogP contribution in [0.15, 0.2) is 46.4 Å². The average Bonchev–Trinajstić information content (AvgIpc) is 2.51. The van der Waals surface area contributed by atoms with Crippen LogP contribution in [-0.2, 0) is 9.53 Å². The number of hydrogen-bond donors (Lipinski definition) is 3. The lowest BCUT2D eigenvalue weighted by Crippen LogP contribution is -2.30. The molecule has 0 saturated carbocycles. The Morgan fingerprint density at radius 3 is 2.26 bits per heavy atom. The maximum Gasteiger partial charge on any atom is 0.333 e. The average molecular weight is 322 g/mol. The maximum atomic E-state index is 11.5. The van der Waals surface area contributed by atoms with Crippen LogP contribution in [0.5, 0.6) is 0 Å². The number of carboxylic acid groups (broad SMARTS) is 1. The topological polar surface area (TPSA) is 70.6 Å². The number of allylic oxidation sites excluding steroid dienone is 5. The van der Waals surface area contributed by atoms with Gasteiger partial charge in [-0.2, -0.15) is 0 Å². The van der Waals surface area contributed by atoms with Gasteiger partial charge in [-0.3, -0.25) is 0 Å². The lowest BCUT2D eigenvalue weighted by molar-refractivity contribution is -0.132. The Balaban J connectivity index is 5.78. The summed E-state index contributed by atoms with van der Waals surface area (Å²) in [4.78, 5) is 11.5. The molecule has 0 fully saturated rings. The molecular formula is C18H30N2O3. The molecule has 3 N–H and O–H groups in total. The van der Waals surface area contributed by atoms with Gasteiger partial charge in [-0.25, -0.2) is 10.2 Å². The second-order valence-corrected chi connectivity index (χ2v) is 5.16. The molecule has 0 aromatic rings. The number of hydrazine groups is 1. The molecule has 0 spiro atoms. The summed E-state index contributed by atoms with van der Waals surface area (Å²) in [6, 6.07) is 0. The van der Waals surface area contributed by atoms with Gasteiger partial charge in [0.05, 0.1) is 18.4 Å². The van der Waals surface area contributed by atoms with E-state index in [2.05, 4.69) is 23.9 Å². The highest BCUT2D eigenvalue weighted by Gasteiger charge is 2.14. The third kappa shape index (κ3) is 7.19. The van der Waals surface area contributed by atoms with Crippen LogP contribution in [0.3, 0.4) is 0 Å². The number of ether oxygens (including phenoxy) is 1. The smallest absolute Gasteiger partial charge is 0.333 e. The van der Waals surface area contributed by atoms with Crippen LogP contribution >= 0.6 is 0 Å². The predicted octanol–water partition coefficient (Wildman–Crippen LogP) is 3.68. The highest BCUT2D eigenvalue weighted by atomic mass is 16.5. The molecule has 0 heterocycles. The fourth-order valence-corrected chi connectivity index (χ4v) is 2.18. The van der Waals surface area contributed by atoms with Crippen molar-refractivity contribution in [2.45, 2.75) is 47.0 Å². The molecule has 0 bridgehead atoms. The summed E-state index contributed by atoms with van der Waals surface area (Å²) in [6.07, 6.45) is 8.01. The lowest BCUT2D eigenvalue weighted by atomic mass is 10.0. The Morgan fingerprint density at radius 2 is 1.83 bits per heavy atom. The molecule has 0 saturated heterocycles.